The molecule has 0 atom stereocenters. The number of carbonyl (C=O) groups excluding carboxylic acids is 4. The maximum absolute atomic E-state index is 11.7. The van der Waals surface area contributed by atoms with Crippen LogP contribution in [0.2, 0.25) is 0 Å². The third-order valence-corrected chi connectivity index (χ3v) is 1.93. The van der Waals surface area contributed by atoms with E-state index in [1.54, 1.807) is 20.8 Å². The first-order chi connectivity index (χ1) is 8.96. The fourth-order valence-corrected chi connectivity index (χ4v) is 1.17. The first-order valence-electron chi connectivity index (χ1n) is 5.89. The van der Waals surface area contributed by atoms with Crippen LogP contribution < -0.4 is 5.32 Å². The fraction of sp³-hybridized carbons (Fsp3) is 0.636. The van der Waals surface area contributed by atoms with Gasteiger partial charge < -0.3 is 9.47 Å². The summed E-state index contributed by atoms with van der Waals surface area (Å²) in [6, 6.07) is 0. The lowest BCUT2D eigenvalue weighted by atomic mass is 10.3. The van der Waals surface area contributed by atoms with Crippen molar-refractivity contribution in [1.29, 1.82) is 0 Å². The highest BCUT2D eigenvalue weighted by molar-refractivity contribution is 6.06. The van der Waals surface area contributed by atoms with Gasteiger partial charge in [0.15, 0.2) is 0 Å². The van der Waals surface area contributed by atoms with Crippen LogP contribution in [-0.2, 0) is 19.1 Å². The van der Waals surface area contributed by atoms with Crippen molar-refractivity contribution < 1.29 is 28.7 Å². The summed E-state index contributed by atoms with van der Waals surface area (Å²) in [6.07, 6.45) is -2.38. The molecule has 0 saturated heterocycles. The summed E-state index contributed by atoms with van der Waals surface area (Å²) in [5, 5.41) is 1.86. The number of hydrogen-bond acceptors (Lipinski definition) is 6. The van der Waals surface area contributed by atoms with E-state index in [9.17, 15) is 19.2 Å². The van der Waals surface area contributed by atoms with Gasteiger partial charge in [-0.1, -0.05) is 0 Å². The van der Waals surface area contributed by atoms with Gasteiger partial charge >= 0.3 is 12.2 Å². The van der Waals surface area contributed by atoms with Crippen molar-refractivity contribution in [2.75, 3.05) is 19.8 Å². The van der Waals surface area contributed by atoms with Gasteiger partial charge in [0.2, 0.25) is 11.8 Å². The Balaban J connectivity index is 4.37. The summed E-state index contributed by atoms with van der Waals surface area (Å²) in [5.74, 6) is -1.59. The van der Waals surface area contributed by atoms with E-state index in [-0.39, 0.29) is 19.8 Å². The highest BCUT2D eigenvalue weighted by atomic mass is 16.6. The van der Waals surface area contributed by atoms with Gasteiger partial charge in [0.25, 0.3) is 0 Å². The highest BCUT2D eigenvalue weighted by Crippen LogP contribution is 1.99. The van der Waals surface area contributed by atoms with E-state index in [1.165, 1.54) is 0 Å². The van der Waals surface area contributed by atoms with Crippen molar-refractivity contribution in [2.45, 2.75) is 27.2 Å². The molecule has 0 aromatic rings. The van der Waals surface area contributed by atoms with E-state index in [0.29, 0.717) is 0 Å². The minimum atomic E-state index is -0.931. The van der Waals surface area contributed by atoms with Crippen LogP contribution in [0.3, 0.4) is 0 Å². The molecular weight excluding hydrogens is 256 g/mol. The number of amides is 4. The number of alkyl carbamates (subject to hydrolysis) is 1. The smallest absolute Gasteiger partial charge is 0.416 e. The van der Waals surface area contributed by atoms with Gasteiger partial charge in [-0.2, -0.15) is 0 Å². The zero-order chi connectivity index (χ0) is 14.8. The van der Waals surface area contributed by atoms with Crippen LogP contribution in [0.5, 0.6) is 0 Å². The number of ether oxygens (including phenoxy) is 2. The third kappa shape index (κ3) is 6.39. The second kappa shape index (κ2) is 8.90. The standard InChI is InChI=1S/C11H18N2O6/c1-4-13(11(17)19-6-3)9(15)7-8(14)12-10(16)18-5-2/h4-7H2,1-3H3,(H,12,14,16). The number of rotatable bonds is 5. The summed E-state index contributed by atoms with van der Waals surface area (Å²) < 4.78 is 9.14. The van der Waals surface area contributed by atoms with Gasteiger partial charge in [0.1, 0.15) is 6.42 Å². The normalized spacial score (nSPS) is 9.42. The Morgan fingerprint density at radius 1 is 1.00 bits per heavy atom. The van der Waals surface area contributed by atoms with Gasteiger partial charge in [-0.05, 0) is 20.8 Å². The number of nitrogens with zero attached hydrogens (tertiary/aromatic N) is 1. The monoisotopic (exact) mass is 274 g/mol. The van der Waals surface area contributed by atoms with Crippen LogP contribution in [-0.4, -0.2) is 48.7 Å². The van der Waals surface area contributed by atoms with Crippen molar-refractivity contribution >= 4 is 24.0 Å². The summed E-state index contributed by atoms with van der Waals surface area (Å²) in [5.41, 5.74) is 0. The Kier molecular flexibility index (Phi) is 7.90. The molecule has 8 nitrogen and oxygen atoms in total. The van der Waals surface area contributed by atoms with Crippen molar-refractivity contribution in [1.82, 2.24) is 10.2 Å². The third-order valence-electron chi connectivity index (χ3n) is 1.93. The molecule has 0 spiro atoms. The summed E-state index contributed by atoms with van der Waals surface area (Å²) in [7, 11) is 0. The van der Waals surface area contributed by atoms with Crippen molar-refractivity contribution in [3.63, 3.8) is 0 Å². The van der Waals surface area contributed by atoms with Gasteiger partial charge in [-0.25, -0.2) is 14.5 Å². The molecule has 0 aliphatic rings. The molecule has 0 aromatic carbocycles. The molecule has 0 fully saturated rings. The summed E-state index contributed by atoms with van der Waals surface area (Å²) in [6.45, 7) is 5.05. The van der Waals surface area contributed by atoms with Crippen LogP contribution in [0.1, 0.15) is 27.2 Å². The predicted octanol–water partition coefficient (Wildman–Crippen LogP) is 0.654. The molecule has 8 heteroatoms. The first kappa shape index (κ1) is 16.9. The topological polar surface area (TPSA) is 102 Å². The largest absolute Gasteiger partial charge is 0.450 e. The lowest BCUT2D eigenvalue weighted by molar-refractivity contribution is -0.134. The average molecular weight is 274 g/mol. The Hall–Kier alpha value is -2.12. The molecule has 108 valence electrons. The minimum Gasteiger partial charge on any atom is -0.450 e. The Labute approximate surface area is 111 Å². The molecule has 0 saturated carbocycles. The van der Waals surface area contributed by atoms with E-state index >= 15 is 0 Å². The number of carbonyl (C=O) groups is 4. The number of imide groups is 2. The van der Waals surface area contributed by atoms with Crippen LogP contribution in [0, 0.1) is 0 Å². The number of hydrogen-bond donors (Lipinski definition) is 1. The zero-order valence-electron chi connectivity index (χ0n) is 11.2. The van der Waals surface area contributed by atoms with E-state index in [0.717, 1.165) is 4.90 Å². The predicted molar refractivity (Wildman–Crippen MR) is 64.2 cm³/mol. The number of nitrogens with one attached hydrogen (secondary N) is 1. The van der Waals surface area contributed by atoms with Crippen LogP contribution >= 0.6 is 0 Å². The van der Waals surface area contributed by atoms with E-state index in [4.69, 9.17) is 0 Å². The van der Waals surface area contributed by atoms with Gasteiger partial charge in [-0.15, -0.1) is 0 Å². The molecule has 1 N–H and O–H groups in total. The van der Waals surface area contributed by atoms with Gasteiger partial charge in [0.05, 0.1) is 13.2 Å². The fourth-order valence-electron chi connectivity index (χ4n) is 1.17. The second-order valence-corrected chi connectivity index (χ2v) is 3.28. The molecule has 0 bridgehead atoms. The maximum Gasteiger partial charge on any atom is 0.416 e. The molecule has 0 unspecified atom stereocenters. The maximum atomic E-state index is 11.7. The SMILES string of the molecule is CCOC(=O)NC(=O)CC(=O)N(CC)C(=O)OCC. The Bertz CT molecular complexity index is 355. The molecular formula is C11H18N2O6. The molecule has 0 aliphatic heterocycles. The van der Waals surface area contributed by atoms with Crippen LogP contribution in [0.25, 0.3) is 0 Å². The quantitative estimate of drug-likeness (QED) is 0.739. The van der Waals surface area contributed by atoms with Crippen molar-refractivity contribution in [2.24, 2.45) is 0 Å². The summed E-state index contributed by atoms with van der Waals surface area (Å²) in [4.78, 5) is 46.1. The summed E-state index contributed by atoms with van der Waals surface area (Å²) >= 11 is 0. The highest BCUT2D eigenvalue weighted by Gasteiger charge is 2.23. The van der Waals surface area contributed by atoms with Crippen LogP contribution in [0.15, 0.2) is 0 Å². The average Bonchev–Trinajstić information content (AvgIpc) is 2.29. The second-order valence-electron chi connectivity index (χ2n) is 3.28. The Morgan fingerprint density at radius 2 is 1.58 bits per heavy atom. The Morgan fingerprint density at radius 3 is 2.05 bits per heavy atom. The lowest BCUT2D eigenvalue weighted by Gasteiger charge is -2.17. The molecule has 19 heavy (non-hydrogen) atoms. The van der Waals surface area contributed by atoms with E-state index < -0.39 is 30.4 Å². The molecule has 4 amide bonds. The molecule has 0 heterocycles. The molecule has 0 radical (unpaired) electrons. The first-order valence-corrected chi connectivity index (χ1v) is 5.89. The lowest BCUT2D eigenvalue weighted by Crippen LogP contribution is -2.41. The van der Waals surface area contributed by atoms with Crippen molar-refractivity contribution in [3.8, 4) is 0 Å². The van der Waals surface area contributed by atoms with Crippen LogP contribution in [0.4, 0.5) is 9.59 Å². The molecule has 0 aliphatic carbocycles. The zero-order valence-corrected chi connectivity index (χ0v) is 11.2. The molecule has 0 aromatic heterocycles. The van der Waals surface area contributed by atoms with E-state index in [2.05, 4.69) is 9.47 Å². The van der Waals surface area contributed by atoms with E-state index in [1.807, 2.05) is 5.32 Å². The van der Waals surface area contributed by atoms with Gasteiger partial charge in [-0.3, -0.25) is 14.9 Å². The minimum absolute atomic E-state index is 0.0738. The van der Waals surface area contributed by atoms with Crippen molar-refractivity contribution in [3.05, 3.63) is 0 Å². The molecule has 0 rings (SSSR count). The van der Waals surface area contributed by atoms with Gasteiger partial charge in [0, 0.05) is 6.54 Å².